The third-order valence-electron chi connectivity index (χ3n) is 1.86. The Labute approximate surface area is 84.3 Å². The number of hydrogen-bond donors (Lipinski definition) is 1. The number of nitrogens with two attached hydrogens (primary N) is 1. The van der Waals surface area contributed by atoms with Gasteiger partial charge in [-0.3, -0.25) is 0 Å². The summed E-state index contributed by atoms with van der Waals surface area (Å²) in [6.45, 7) is 6.54. The average molecular weight is 198 g/mol. The SMILES string of the molecule is CC(C)CCOCCn1cnc(N)n1. The lowest BCUT2D eigenvalue weighted by molar-refractivity contribution is 0.114. The van der Waals surface area contributed by atoms with Crippen LogP contribution < -0.4 is 5.73 Å². The van der Waals surface area contributed by atoms with Crippen molar-refractivity contribution in [3.63, 3.8) is 0 Å². The van der Waals surface area contributed by atoms with Gasteiger partial charge in [-0.25, -0.2) is 9.67 Å². The van der Waals surface area contributed by atoms with E-state index in [1.807, 2.05) is 0 Å². The van der Waals surface area contributed by atoms with Crippen LogP contribution in [0.5, 0.6) is 0 Å². The van der Waals surface area contributed by atoms with Crippen molar-refractivity contribution in [2.24, 2.45) is 5.92 Å². The summed E-state index contributed by atoms with van der Waals surface area (Å²) in [5.41, 5.74) is 5.36. The summed E-state index contributed by atoms with van der Waals surface area (Å²) in [6, 6.07) is 0. The largest absolute Gasteiger partial charge is 0.380 e. The van der Waals surface area contributed by atoms with E-state index in [9.17, 15) is 0 Å². The van der Waals surface area contributed by atoms with Crippen LogP contribution in [0.3, 0.4) is 0 Å². The standard InChI is InChI=1S/C9H18N4O/c1-8(2)3-5-14-6-4-13-7-11-9(10)12-13/h7-8H,3-6H2,1-2H3,(H2,10,12). The first kappa shape index (κ1) is 11.0. The van der Waals surface area contributed by atoms with E-state index in [-0.39, 0.29) is 0 Å². The molecule has 1 rings (SSSR count). The molecule has 0 saturated carbocycles. The van der Waals surface area contributed by atoms with Gasteiger partial charge in [-0.05, 0) is 12.3 Å². The van der Waals surface area contributed by atoms with E-state index in [1.54, 1.807) is 11.0 Å². The van der Waals surface area contributed by atoms with E-state index in [1.165, 1.54) is 0 Å². The van der Waals surface area contributed by atoms with Crippen molar-refractivity contribution in [3.05, 3.63) is 6.33 Å². The van der Waals surface area contributed by atoms with Crippen molar-refractivity contribution in [2.45, 2.75) is 26.8 Å². The first-order chi connectivity index (χ1) is 6.68. The summed E-state index contributed by atoms with van der Waals surface area (Å²) < 4.78 is 7.11. The van der Waals surface area contributed by atoms with Crippen LogP contribution in [0.4, 0.5) is 5.95 Å². The van der Waals surface area contributed by atoms with Crippen LogP contribution in [0.15, 0.2) is 6.33 Å². The minimum Gasteiger partial charge on any atom is -0.380 e. The van der Waals surface area contributed by atoms with Gasteiger partial charge >= 0.3 is 0 Å². The Morgan fingerprint density at radius 2 is 2.29 bits per heavy atom. The maximum absolute atomic E-state index is 5.43. The zero-order chi connectivity index (χ0) is 10.4. The molecule has 80 valence electrons. The highest BCUT2D eigenvalue weighted by Crippen LogP contribution is 1.98. The summed E-state index contributed by atoms with van der Waals surface area (Å²) in [6.07, 6.45) is 2.71. The molecular weight excluding hydrogens is 180 g/mol. The third-order valence-corrected chi connectivity index (χ3v) is 1.86. The lowest BCUT2D eigenvalue weighted by atomic mass is 10.1. The molecule has 5 heteroatoms. The van der Waals surface area contributed by atoms with Crippen molar-refractivity contribution in [1.82, 2.24) is 14.8 Å². The molecule has 0 saturated heterocycles. The van der Waals surface area contributed by atoms with Gasteiger partial charge in [0.05, 0.1) is 13.2 Å². The Morgan fingerprint density at radius 3 is 2.86 bits per heavy atom. The second-order valence-electron chi connectivity index (χ2n) is 3.66. The molecule has 0 spiro atoms. The normalized spacial score (nSPS) is 11.1. The molecule has 0 atom stereocenters. The fraction of sp³-hybridized carbons (Fsp3) is 0.778. The van der Waals surface area contributed by atoms with Gasteiger partial charge in [-0.15, -0.1) is 5.10 Å². The van der Waals surface area contributed by atoms with Gasteiger partial charge in [-0.1, -0.05) is 13.8 Å². The Morgan fingerprint density at radius 1 is 1.50 bits per heavy atom. The van der Waals surface area contributed by atoms with Gasteiger partial charge in [-0.2, -0.15) is 0 Å². The molecule has 0 aromatic carbocycles. The molecule has 0 aliphatic carbocycles. The molecule has 5 nitrogen and oxygen atoms in total. The van der Waals surface area contributed by atoms with Gasteiger partial charge in [0.15, 0.2) is 0 Å². The highest BCUT2D eigenvalue weighted by Gasteiger charge is 1.96. The highest BCUT2D eigenvalue weighted by atomic mass is 16.5. The summed E-state index contributed by atoms with van der Waals surface area (Å²) in [7, 11) is 0. The predicted molar refractivity (Wildman–Crippen MR) is 54.7 cm³/mol. The van der Waals surface area contributed by atoms with Gasteiger partial charge in [0.1, 0.15) is 6.33 Å². The molecule has 0 aliphatic heterocycles. The van der Waals surface area contributed by atoms with Gasteiger partial charge in [0, 0.05) is 6.61 Å². The lowest BCUT2D eigenvalue weighted by Gasteiger charge is -2.05. The molecule has 0 radical (unpaired) electrons. The zero-order valence-electron chi connectivity index (χ0n) is 8.81. The van der Waals surface area contributed by atoms with Crippen LogP contribution in [-0.2, 0) is 11.3 Å². The Kier molecular flexibility index (Phi) is 4.39. The first-order valence-corrected chi connectivity index (χ1v) is 4.91. The molecule has 0 unspecified atom stereocenters. The van der Waals surface area contributed by atoms with Crippen LogP contribution in [0.25, 0.3) is 0 Å². The minimum atomic E-state index is 0.312. The van der Waals surface area contributed by atoms with E-state index >= 15 is 0 Å². The summed E-state index contributed by atoms with van der Waals surface area (Å²) in [5, 5.41) is 3.95. The third kappa shape index (κ3) is 4.23. The molecule has 2 N–H and O–H groups in total. The van der Waals surface area contributed by atoms with Crippen LogP contribution in [0, 0.1) is 5.92 Å². The van der Waals surface area contributed by atoms with E-state index in [0.717, 1.165) is 13.0 Å². The highest BCUT2D eigenvalue weighted by molar-refractivity contribution is 5.08. The first-order valence-electron chi connectivity index (χ1n) is 4.91. The predicted octanol–water partition coefficient (Wildman–Crippen LogP) is 0.923. The maximum atomic E-state index is 5.43. The number of hydrogen-bond acceptors (Lipinski definition) is 4. The number of ether oxygens (including phenoxy) is 1. The summed E-state index contributed by atoms with van der Waals surface area (Å²) >= 11 is 0. The molecule has 1 aromatic heterocycles. The van der Waals surface area contributed by atoms with Crippen LogP contribution in [0.1, 0.15) is 20.3 Å². The van der Waals surface area contributed by atoms with Gasteiger partial charge in [0.2, 0.25) is 5.95 Å². The molecule has 1 heterocycles. The van der Waals surface area contributed by atoms with Crippen LogP contribution >= 0.6 is 0 Å². The number of anilines is 1. The Balaban J connectivity index is 2.04. The van der Waals surface area contributed by atoms with Crippen molar-refractivity contribution in [1.29, 1.82) is 0 Å². The Hall–Kier alpha value is -1.10. The quantitative estimate of drug-likeness (QED) is 0.690. The van der Waals surface area contributed by atoms with E-state index < -0.39 is 0 Å². The smallest absolute Gasteiger partial charge is 0.239 e. The second-order valence-corrected chi connectivity index (χ2v) is 3.66. The Bertz CT molecular complexity index is 259. The molecular formula is C9H18N4O. The minimum absolute atomic E-state index is 0.312. The van der Waals surface area contributed by atoms with Crippen molar-refractivity contribution in [2.75, 3.05) is 18.9 Å². The topological polar surface area (TPSA) is 66.0 Å². The molecule has 0 aliphatic rings. The fourth-order valence-corrected chi connectivity index (χ4v) is 0.996. The number of nitrogens with zero attached hydrogens (tertiary/aromatic N) is 3. The molecule has 0 amide bonds. The van der Waals surface area contributed by atoms with Gasteiger partial charge in [0.25, 0.3) is 0 Å². The average Bonchev–Trinajstić information content (AvgIpc) is 2.50. The van der Waals surface area contributed by atoms with E-state index in [2.05, 4.69) is 23.9 Å². The monoisotopic (exact) mass is 198 g/mol. The van der Waals surface area contributed by atoms with Crippen molar-refractivity contribution >= 4 is 5.95 Å². The number of aromatic nitrogens is 3. The maximum Gasteiger partial charge on any atom is 0.239 e. The van der Waals surface area contributed by atoms with Gasteiger partial charge < -0.3 is 10.5 Å². The fourth-order valence-electron chi connectivity index (χ4n) is 0.996. The summed E-state index contributed by atoms with van der Waals surface area (Å²) in [4.78, 5) is 3.82. The van der Waals surface area contributed by atoms with E-state index in [0.29, 0.717) is 25.0 Å². The lowest BCUT2D eigenvalue weighted by Crippen LogP contribution is -2.08. The van der Waals surface area contributed by atoms with Crippen molar-refractivity contribution in [3.8, 4) is 0 Å². The molecule has 0 fully saturated rings. The van der Waals surface area contributed by atoms with Crippen LogP contribution in [0.2, 0.25) is 0 Å². The molecule has 0 bridgehead atoms. The molecule has 14 heavy (non-hydrogen) atoms. The zero-order valence-corrected chi connectivity index (χ0v) is 8.81. The number of nitrogen functional groups attached to an aromatic ring is 1. The number of rotatable bonds is 6. The van der Waals surface area contributed by atoms with Crippen LogP contribution in [-0.4, -0.2) is 28.0 Å². The summed E-state index contributed by atoms with van der Waals surface area (Å²) in [5.74, 6) is 1.00. The van der Waals surface area contributed by atoms with E-state index in [4.69, 9.17) is 10.5 Å². The molecule has 1 aromatic rings. The second kappa shape index (κ2) is 5.59. The van der Waals surface area contributed by atoms with Crippen molar-refractivity contribution < 1.29 is 4.74 Å².